The molecule has 2 saturated heterocycles. The molecule has 4 heterocycles. The molecule has 4 rings (SSSR count). The van der Waals surface area contributed by atoms with Crippen molar-refractivity contribution in [3.63, 3.8) is 0 Å². The van der Waals surface area contributed by atoms with Gasteiger partial charge >= 0.3 is 6.09 Å². The van der Waals surface area contributed by atoms with Gasteiger partial charge in [0.25, 0.3) is 5.91 Å². The number of amides is 2. The number of nitrogens with zero attached hydrogens (tertiary/aromatic N) is 5. The number of hydrogen-bond acceptors (Lipinski definition) is 10. The normalized spacial score (nSPS) is 24.2. The summed E-state index contributed by atoms with van der Waals surface area (Å²) in [6.45, 7) is 7.00. The summed E-state index contributed by atoms with van der Waals surface area (Å²) in [5.74, 6) is 6.14. The Morgan fingerprint density at radius 3 is 2.68 bits per heavy atom. The summed E-state index contributed by atoms with van der Waals surface area (Å²) in [6, 6.07) is 0. The number of ether oxygens (including phenoxy) is 2. The van der Waals surface area contributed by atoms with Crippen LogP contribution in [0.25, 0.3) is 11.2 Å². The number of carbonyl (C=O) groups excluding carboxylic acids is 2. The molecule has 2 fully saturated rings. The molecular formula is C24H33N7O6. The zero-order chi connectivity index (χ0) is 26.7. The van der Waals surface area contributed by atoms with Crippen LogP contribution in [0.5, 0.6) is 0 Å². The van der Waals surface area contributed by atoms with Crippen LogP contribution in [0.3, 0.4) is 0 Å². The van der Waals surface area contributed by atoms with Crippen LogP contribution in [-0.2, 0) is 14.3 Å². The van der Waals surface area contributed by atoms with Crippen molar-refractivity contribution in [1.29, 1.82) is 0 Å². The Morgan fingerprint density at radius 2 is 2.00 bits per heavy atom. The number of nitrogens with two attached hydrogens (primary N) is 1. The molecule has 13 heteroatoms. The van der Waals surface area contributed by atoms with Gasteiger partial charge in [0, 0.05) is 26.1 Å². The molecule has 200 valence electrons. The highest BCUT2D eigenvalue weighted by atomic mass is 16.6. The predicted octanol–water partition coefficient (Wildman–Crippen LogP) is 0.162. The molecule has 4 atom stereocenters. The summed E-state index contributed by atoms with van der Waals surface area (Å²) in [4.78, 5) is 38.9. The number of anilines is 1. The van der Waals surface area contributed by atoms with E-state index in [0.717, 1.165) is 12.8 Å². The van der Waals surface area contributed by atoms with Gasteiger partial charge in [-0.1, -0.05) is 5.92 Å². The zero-order valence-corrected chi connectivity index (χ0v) is 21.1. The van der Waals surface area contributed by atoms with Crippen molar-refractivity contribution < 1.29 is 29.3 Å². The Kier molecular flexibility index (Phi) is 8.11. The first-order valence-electron chi connectivity index (χ1n) is 12.4. The van der Waals surface area contributed by atoms with E-state index in [1.54, 1.807) is 11.8 Å². The highest BCUT2D eigenvalue weighted by molar-refractivity contribution is 5.83. The lowest BCUT2D eigenvalue weighted by Crippen LogP contribution is -2.42. The second-order valence-corrected chi connectivity index (χ2v) is 9.45. The molecule has 2 aromatic rings. The maximum absolute atomic E-state index is 12.2. The molecule has 0 radical (unpaired) electrons. The van der Waals surface area contributed by atoms with E-state index in [1.165, 1.54) is 10.9 Å². The lowest BCUT2D eigenvalue weighted by Gasteiger charge is -2.31. The van der Waals surface area contributed by atoms with Crippen LogP contribution in [-0.4, -0.2) is 90.7 Å². The molecule has 1 unspecified atom stereocenters. The molecule has 37 heavy (non-hydrogen) atoms. The second-order valence-electron chi connectivity index (χ2n) is 9.45. The first kappa shape index (κ1) is 26.6. The first-order valence-corrected chi connectivity index (χ1v) is 12.4. The highest BCUT2D eigenvalue weighted by Gasteiger charge is 2.47. The van der Waals surface area contributed by atoms with E-state index < -0.39 is 30.4 Å². The molecule has 0 saturated carbocycles. The maximum Gasteiger partial charge on any atom is 0.410 e. The van der Waals surface area contributed by atoms with E-state index in [0.29, 0.717) is 32.0 Å². The SMILES string of the molecule is CCNC(=O)[C@H]1O[C@@H](n2cnc3c(N)nc(C#CCC4CCN(C(=O)OC(C)C)CC4)nc32)C(O)[C@H]1O. The lowest BCUT2D eigenvalue weighted by molar-refractivity contribution is -0.137. The third kappa shape index (κ3) is 5.76. The smallest absolute Gasteiger partial charge is 0.410 e. The van der Waals surface area contributed by atoms with Crippen LogP contribution in [0.15, 0.2) is 6.33 Å². The van der Waals surface area contributed by atoms with Crippen LogP contribution in [0.4, 0.5) is 10.6 Å². The number of nitrogen functional groups attached to an aromatic ring is 1. The maximum atomic E-state index is 12.2. The van der Waals surface area contributed by atoms with E-state index in [-0.39, 0.29) is 35.0 Å². The molecule has 2 aliphatic rings. The summed E-state index contributed by atoms with van der Waals surface area (Å²) in [5, 5.41) is 23.5. The average Bonchev–Trinajstić information content (AvgIpc) is 3.40. The number of likely N-dealkylation sites (tertiary alicyclic amines) is 1. The van der Waals surface area contributed by atoms with Crippen molar-refractivity contribution >= 4 is 29.0 Å². The Labute approximate surface area is 214 Å². The molecule has 0 aliphatic carbocycles. The Balaban J connectivity index is 1.45. The van der Waals surface area contributed by atoms with Gasteiger partial charge in [0.05, 0.1) is 12.4 Å². The van der Waals surface area contributed by atoms with Crippen molar-refractivity contribution in [3.05, 3.63) is 12.2 Å². The molecule has 13 nitrogen and oxygen atoms in total. The van der Waals surface area contributed by atoms with Gasteiger partial charge < -0.3 is 35.6 Å². The third-order valence-corrected chi connectivity index (χ3v) is 6.37. The molecule has 5 N–H and O–H groups in total. The largest absolute Gasteiger partial charge is 0.447 e. The summed E-state index contributed by atoms with van der Waals surface area (Å²) in [6.07, 6.45) is -1.97. The zero-order valence-electron chi connectivity index (χ0n) is 21.1. The third-order valence-electron chi connectivity index (χ3n) is 6.37. The summed E-state index contributed by atoms with van der Waals surface area (Å²) >= 11 is 0. The van der Waals surface area contributed by atoms with E-state index in [2.05, 4.69) is 32.1 Å². The second kappa shape index (κ2) is 11.3. The number of rotatable bonds is 5. The number of aliphatic hydroxyl groups is 2. The number of carbonyl (C=O) groups is 2. The Hall–Kier alpha value is -3.47. The number of imidazole rings is 1. The number of fused-ring (bicyclic) bond motifs is 1. The number of aromatic nitrogens is 4. The van der Waals surface area contributed by atoms with Crippen LogP contribution in [0.1, 0.15) is 52.1 Å². The highest BCUT2D eigenvalue weighted by Crippen LogP contribution is 2.32. The molecule has 0 spiro atoms. The van der Waals surface area contributed by atoms with Crippen LogP contribution in [0.2, 0.25) is 0 Å². The Morgan fingerprint density at radius 1 is 1.27 bits per heavy atom. The molecule has 0 aromatic carbocycles. The van der Waals surface area contributed by atoms with Crippen molar-refractivity contribution in [2.45, 2.75) is 70.7 Å². The van der Waals surface area contributed by atoms with E-state index in [1.807, 2.05) is 13.8 Å². The molecular weight excluding hydrogens is 482 g/mol. The summed E-state index contributed by atoms with van der Waals surface area (Å²) in [5.41, 5.74) is 6.63. The van der Waals surface area contributed by atoms with Crippen molar-refractivity contribution in [3.8, 4) is 11.8 Å². The lowest BCUT2D eigenvalue weighted by atomic mass is 9.94. The standard InChI is InChI=1S/C24H33N7O6/c1-4-26-22(34)19-17(32)18(33)23(37-19)31-12-27-16-20(25)28-15(29-21(16)31)7-5-6-14-8-10-30(11-9-14)24(35)36-13(2)3/h12-14,17-19,23,32-33H,4,6,8-11H2,1-3H3,(H,26,34)(H2,25,28,29)/t17-,18?,19+,23-/m1/s1. The van der Waals surface area contributed by atoms with Crippen molar-refractivity contribution in [2.24, 2.45) is 5.92 Å². The summed E-state index contributed by atoms with van der Waals surface area (Å²) < 4.78 is 12.3. The number of nitrogens with one attached hydrogen (secondary N) is 1. The fourth-order valence-corrected chi connectivity index (χ4v) is 4.43. The van der Waals surface area contributed by atoms with Gasteiger partial charge in [0.1, 0.15) is 17.7 Å². The minimum Gasteiger partial charge on any atom is -0.447 e. The molecule has 2 amide bonds. The molecule has 2 aromatic heterocycles. The topological polar surface area (TPSA) is 178 Å². The first-order chi connectivity index (χ1) is 17.7. The number of aliphatic hydroxyl groups excluding tert-OH is 2. The van der Waals surface area contributed by atoms with Gasteiger partial charge in [-0.25, -0.2) is 19.7 Å². The van der Waals surface area contributed by atoms with E-state index in [4.69, 9.17) is 15.2 Å². The van der Waals surface area contributed by atoms with Crippen molar-refractivity contribution in [1.82, 2.24) is 29.7 Å². The van der Waals surface area contributed by atoms with Gasteiger partial charge in [-0.2, -0.15) is 0 Å². The minimum absolute atomic E-state index is 0.110. The van der Waals surface area contributed by atoms with Crippen LogP contribution >= 0.6 is 0 Å². The number of likely N-dealkylation sites (N-methyl/N-ethyl adjacent to an activating group) is 1. The molecule has 0 bridgehead atoms. The minimum atomic E-state index is -1.42. The average molecular weight is 516 g/mol. The van der Waals surface area contributed by atoms with Gasteiger partial charge in [-0.3, -0.25) is 9.36 Å². The van der Waals surface area contributed by atoms with Crippen LogP contribution in [0, 0.1) is 17.8 Å². The number of hydrogen-bond donors (Lipinski definition) is 4. The quantitative estimate of drug-likeness (QED) is 0.401. The fourth-order valence-electron chi connectivity index (χ4n) is 4.43. The summed E-state index contributed by atoms with van der Waals surface area (Å²) in [7, 11) is 0. The predicted molar refractivity (Wildman–Crippen MR) is 132 cm³/mol. The van der Waals surface area contributed by atoms with Gasteiger partial charge in [0.2, 0.25) is 5.82 Å². The number of piperidine rings is 1. The van der Waals surface area contributed by atoms with Crippen LogP contribution < -0.4 is 11.1 Å². The van der Waals surface area contributed by atoms with E-state index in [9.17, 15) is 19.8 Å². The molecule has 2 aliphatic heterocycles. The van der Waals surface area contributed by atoms with Crippen molar-refractivity contribution in [2.75, 3.05) is 25.4 Å². The van der Waals surface area contributed by atoms with Gasteiger partial charge in [-0.05, 0) is 45.5 Å². The fraction of sp³-hybridized carbons (Fsp3) is 0.625. The van der Waals surface area contributed by atoms with Gasteiger partial charge in [-0.15, -0.1) is 0 Å². The van der Waals surface area contributed by atoms with Gasteiger partial charge in [0.15, 0.2) is 23.8 Å². The Bertz CT molecular complexity index is 1200. The van der Waals surface area contributed by atoms with E-state index >= 15 is 0 Å². The monoisotopic (exact) mass is 515 g/mol.